The van der Waals surface area contributed by atoms with Crippen molar-refractivity contribution in [2.75, 3.05) is 12.4 Å². The molecule has 3 aromatic carbocycles. The van der Waals surface area contributed by atoms with Crippen LogP contribution in [0.5, 0.6) is 5.75 Å². The molecule has 0 bridgehead atoms. The highest BCUT2D eigenvalue weighted by Gasteiger charge is 2.16. The van der Waals surface area contributed by atoms with E-state index in [2.05, 4.69) is 42.3 Å². The Morgan fingerprint density at radius 2 is 1.86 bits per heavy atom. The highest BCUT2D eigenvalue weighted by molar-refractivity contribution is 6.08. The van der Waals surface area contributed by atoms with E-state index in [1.54, 1.807) is 25.6 Å². The minimum absolute atomic E-state index is 0.232. The Hall–Kier alpha value is -4.38. The molecule has 0 radical (unpaired) electrons. The van der Waals surface area contributed by atoms with Crippen molar-refractivity contribution in [2.45, 2.75) is 20.8 Å². The number of pyridine rings is 1. The van der Waals surface area contributed by atoms with Gasteiger partial charge < -0.3 is 14.5 Å². The molecular weight excluding hydrogens is 436 g/mol. The molecule has 0 aliphatic rings. The number of methoxy groups -OCH3 is 1. The number of benzene rings is 3. The standard InChI is InChI=1S/C30H26N2O3/c1-18-10-11-22(19(2)13-18)25-17-35-28-16-27(34-4)23(15-24(25)28)20(3)14-29(33)32-26-9-5-7-21-8-6-12-31-30(21)26/h5-17H,1-4H3,(H,32,33)/b20-14+. The van der Waals surface area contributed by atoms with Gasteiger partial charge in [0, 0.05) is 40.2 Å². The molecular formula is C30H26N2O3. The van der Waals surface area contributed by atoms with E-state index in [9.17, 15) is 4.79 Å². The molecule has 1 N–H and O–H groups in total. The Kier molecular flexibility index (Phi) is 5.83. The summed E-state index contributed by atoms with van der Waals surface area (Å²) < 4.78 is 11.5. The number of carbonyl (C=O) groups excluding carboxylic acids is 1. The van der Waals surface area contributed by atoms with Gasteiger partial charge in [0.1, 0.15) is 11.3 Å². The second-order valence-corrected chi connectivity index (χ2v) is 8.71. The van der Waals surface area contributed by atoms with Crippen molar-refractivity contribution >= 4 is 39.0 Å². The molecule has 0 atom stereocenters. The Morgan fingerprint density at radius 1 is 1.03 bits per heavy atom. The number of anilines is 1. The van der Waals surface area contributed by atoms with Crippen molar-refractivity contribution in [2.24, 2.45) is 0 Å². The largest absolute Gasteiger partial charge is 0.496 e. The third-order valence-corrected chi connectivity index (χ3v) is 6.23. The molecule has 35 heavy (non-hydrogen) atoms. The fourth-order valence-corrected chi connectivity index (χ4v) is 4.50. The third-order valence-electron chi connectivity index (χ3n) is 6.23. The van der Waals surface area contributed by atoms with Crippen LogP contribution in [0.2, 0.25) is 0 Å². The first-order chi connectivity index (χ1) is 16.9. The lowest BCUT2D eigenvalue weighted by Gasteiger charge is -2.11. The van der Waals surface area contributed by atoms with Crippen molar-refractivity contribution in [3.05, 3.63) is 95.9 Å². The van der Waals surface area contributed by atoms with Crippen LogP contribution in [0.25, 0.3) is 38.6 Å². The van der Waals surface area contributed by atoms with Crippen LogP contribution >= 0.6 is 0 Å². The number of para-hydroxylation sites is 1. The number of nitrogens with one attached hydrogen (secondary N) is 1. The molecule has 0 spiro atoms. The zero-order chi connectivity index (χ0) is 24.5. The Bertz CT molecular complexity index is 1610. The van der Waals surface area contributed by atoms with E-state index in [0.717, 1.165) is 44.1 Å². The van der Waals surface area contributed by atoms with Gasteiger partial charge in [0.05, 0.1) is 24.6 Å². The SMILES string of the molecule is COc1cc2occ(-c3ccc(C)cc3C)c2cc1/C(C)=C/C(=O)Nc1cccc2cccnc12. The molecule has 0 saturated carbocycles. The number of furan rings is 1. The van der Waals surface area contributed by atoms with Crippen molar-refractivity contribution in [3.8, 4) is 16.9 Å². The Morgan fingerprint density at radius 3 is 2.66 bits per heavy atom. The number of ether oxygens (including phenoxy) is 1. The second kappa shape index (κ2) is 9.11. The molecule has 174 valence electrons. The Balaban J connectivity index is 1.53. The van der Waals surface area contributed by atoms with Gasteiger partial charge in [-0.3, -0.25) is 9.78 Å². The zero-order valence-electron chi connectivity index (χ0n) is 20.2. The average molecular weight is 463 g/mol. The van der Waals surface area contributed by atoms with Gasteiger partial charge in [0.2, 0.25) is 5.91 Å². The minimum atomic E-state index is -0.232. The second-order valence-electron chi connectivity index (χ2n) is 8.71. The van der Waals surface area contributed by atoms with Gasteiger partial charge in [-0.2, -0.15) is 0 Å². The number of nitrogens with zero attached hydrogens (tertiary/aromatic N) is 1. The summed E-state index contributed by atoms with van der Waals surface area (Å²) in [6, 6.07) is 19.9. The van der Waals surface area contributed by atoms with E-state index in [0.29, 0.717) is 11.4 Å². The average Bonchev–Trinajstić information content (AvgIpc) is 3.26. The quantitative estimate of drug-likeness (QED) is 0.278. The van der Waals surface area contributed by atoms with E-state index in [1.807, 2.05) is 49.4 Å². The summed E-state index contributed by atoms with van der Waals surface area (Å²) in [6.45, 7) is 6.09. The van der Waals surface area contributed by atoms with Gasteiger partial charge in [-0.1, -0.05) is 42.0 Å². The summed E-state index contributed by atoms with van der Waals surface area (Å²) in [5.41, 5.74) is 8.30. The maximum Gasteiger partial charge on any atom is 0.248 e. The maximum absolute atomic E-state index is 12.9. The molecule has 5 rings (SSSR count). The molecule has 1 amide bonds. The number of hydrogen-bond donors (Lipinski definition) is 1. The minimum Gasteiger partial charge on any atom is -0.496 e. The number of amides is 1. The predicted octanol–water partition coefficient (Wildman–Crippen LogP) is 7.32. The van der Waals surface area contributed by atoms with Crippen LogP contribution in [0.15, 0.2) is 83.6 Å². The molecule has 0 unspecified atom stereocenters. The van der Waals surface area contributed by atoms with Crippen molar-refractivity contribution in [3.63, 3.8) is 0 Å². The lowest BCUT2D eigenvalue weighted by molar-refractivity contribution is -0.111. The van der Waals surface area contributed by atoms with Crippen molar-refractivity contribution in [1.29, 1.82) is 0 Å². The third kappa shape index (κ3) is 4.28. The predicted molar refractivity (Wildman–Crippen MR) is 142 cm³/mol. The molecule has 5 aromatic rings. The number of allylic oxidation sites excluding steroid dienone is 1. The first kappa shape index (κ1) is 22.4. The molecule has 2 heterocycles. The smallest absolute Gasteiger partial charge is 0.248 e. The van der Waals surface area contributed by atoms with Crippen LogP contribution in [-0.2, 0) is 4.79 Å². The van der Waals surface area contributed by atoms with Crippen molar-refractivity contribution in [1.82, 2.24) is 4.98 Å². The van der Waals surface area contributed by atoms with Gasteiger partial charge in [-0.15, -0.1) is 0 Å². The molecule has 2 aromatic heterocycles. The number of fused-ring (bicyclic) bond motifs is 2. The summed E-state index contributed by atoms with van der Waals surface area (Å²) >= 11 is 0. The first-order valence-electron chi connectivity index (χ1n) is 11.4. The summed E-state index contributed by atoms with van der Waals surface area (Å²) in [5.74, 6) is 0.414. The molecule has 5 nitrogen and oxygen atoms in total. The van der Waals surface area contributed by atoms with Crippen LogP contribution in [0.4, 0.5) is 5.69 Å². The lowest BCUT2D eigenvalue weighted by atomic mass is 9.96. The highest BCUT2D eigenvalue weighted by atomic mass is 16.5. The van der Waals surface area contributed by atoms with E-state index in [1.165, 1.54) is 11.1 Å². The number of rotatable bonds is 5. The van der Waals surface area contributed by atoms with Gasteiger partial charge in [0.25, 0.3) is 0 Å². The highest BCUT2D eigenvalue weighted by Crippen LogP contribution is 2.38. The van der Waals surface area contributed by atoms with Crippen LogP contribution < -0.4 is 10.1 Å². The monoisotopic (exact) mass is 462 g/mol. The van der Waals surface area contributed by atoms with E-state index < -0.39 is 0 Å². The van der Waals surface area contributed by atoms with Gasteiger partial charge in [0.15, 0.2) is 0 Å². The molecule has 0 saturated heterocycles. The van der Waals surface area contributed by atoms with Crippen LogP contribution in [0.1, 0.15) is 23.6 Å². The number of aryl methyl sites for hydroxylation is 2. The topological polar surface area (TPSA) is 64.4 Å². The fourth-order valence-electron chi connectivity index (χ4n) is 4.50. The normalized spacial score (nSPS) is 11.7. The van der Waals surface area contributed by atoms with E-state index >= 15 is 0 Å². The molecule has 5 heteroatoms. The van der Waals surface area contributed by atoms with Crippen molar-refractivity contribution < 1.29 is 13.9 Å². The van der Waals surface area contributed by atoms with E-state index in [4.69, 9.17) is 9.15 Å². The number of carbonyl (C=O) groups is 1. The maximum atomic E-state index is 12.9. The summed E-state index contributed by atoms with van der Waals surface area (Å²) in [4.78, 5) is 17.4. The van der Waals surface area contributed by atoms with Gasteiger partial charge >= 0.3 is 0 Å². The van der Waals surface area contributed by atoms with Crippen LogP contribution in [0.3, 0.4) is 0 Å². The molecule has 0 fully saturated rings. The van der Waals surface area contributed by atoms with Crippen LogP contribution in [-0.4, -0.2) is 18.0 Å². The van der Waals surface area contributed by atoms with Gasteiger partial charge in [-0.05, 0) is 55.7 Å². The lowest BCUT2D eigenvalue weighted by Crippen LogP contribution is -2.09. The number of aromatic nitrogens is 1. The first-order valence-corrected chi connectivity index (χ1v) is 11.4. The summed E-state index contributed by atoms with van der Waals surface area (Å²) in [7, 11) is 1.62. The molecule has 0 aliphatic heterocycles. The Labute approximate surface area is 204 Å². The summed E-state index contributed by atoms with van der Waals surface area (Å²) in [5, 5.41) is 4.91. The fraction of sp³-hybridized carbons (Fsp3) is 0.133. The summed E-state index contributed by atoms with van der Waals surface area (Å²) in [6.07, 6.45) is 5.09. The zero-order valence-corrected chi connectivity index (χ0v) is 20.2. The van der Waals surface area contributed by atoms with E-state index in [-0.39, 0.29) is 5.91 Å². The number of hydrogen-bond acceptors (Lipinski definition) is 4. The molecule has 0 aliphatic carbocycles. The van der Waals surface area contributed by atoms with Crippen LogP contribution in [0, 0.1) is 13.8 Å². The van der Waals surface area contributed by atoms with Gasteiger partial charge in [-0.25, -0.2) is 0 Å².